The van der Waals surface area contributed by atoms with E-state index in [1.54, 1.807) is 6.07 Å². The molecule has 0 spiro atoms. The Kier molecular flexibility index (Phi) is 5.91. The summed E-state index contributed by atoms with van der Waals surface area (Å²) in [6.45, 7) is 4.03. The van der Waals surface area contributed by atoms with Crippen molar-refractivity contribution in [2.24, 2.45) is 0 Å². The maximum Gasteiger partial charge on any atom is 0.234 e. The fourth-order valence-corrected chi connectivity index (χ4v) is 5.48. The standard InChI is InChI=1S/C20H21BrFN3O2S/c21-18-9-14-17(26)10-16(20(14)28-18)23-19(27)12-25-7-5-24(6-8-25)11-13-3-1-2-4-15(13)22/h1-4,9,16H,5-8,10-12H2,(H,23,27). The van der Waals surface area contributed by atoms with Gasteiger partial charge < -0.3 is 5.32 Å². The number of fused-ring (bicyclic) bond motifs is 1. The molecule has 2 aliphatic rings. The Hall–Kier alpha value is -1.61. The number of rotatable bonds is 5. The van der Waals surface area contributed by atoms with E-state index in [1.165, 1.54) is 17.4 Å². The molecule has 1 unspecified atom stereocenters. The van der Waals surface area contributed by atoms with Gasteiger partial charge in [0, 0.05) is 55.1 Å². The van der Waals surface area contributed by atoms with E-state index in [0.29, 0.717) is 25.1 Å². The molecule has 1 N–H and O–H groups in total. The summed E-state index contributed by atoms with van der Waals surface area (Å²) in [5.41, 5.74) is 1.43. The van der Waals surface area contributed by atoms with Crippen LogP contribution in [-0.2, 0) is 11.3 Å². The summed E-state index contributed by atoms with van der Waals surface area (Å²) in [4.78, 5) is 29.8. The number of amides is 1. The summed E-state index contributed by atoms with van der Waals surface area (Å²) in [5, 5.41) is 3.01. The van der Waals surface area contributed by atoms with Gasteiger partial charge in [0.2, 0.25) is 5.91 Å². The van der Waals surface area contributed by atoms with Gasteiger partial charge in [-0.3, -0.25) is 19.4 Å². The summed E-state index contributed by atoms with van der Waals surface area (Å²) in [6, 6.07) is 8.48. The first-order chi connectivity index (χ1) is 13.5. The third-order valence-corrected chi connectivity index (χ3v) is 7.01. The van der Waals surface area contributed by atoms with Crippen molar-refractivity contribution in [3.8, 4) is 0 Å². The van der Waals surface area contributed by atoms with Crippen molar-refractivity contribution in [2.45, 2.75) is 19.0 Å². The van der Waals surface area contributed by atoms with Crippen molar-refractivity contribution >= 4 is 39.0 Å². The van der Waals surface area contributed by atoms with Crippen molar-refractivity contribution in [1.82, 2.24) is 15.1 Å². The molecule has 8 heteroatoms. The Morgan fingerprint density at radius 1 is 1.21 bits per heavy atom. The Balaban J connectivity index is 1.25. The Morgan fingerprint density at radius 2 is 1.93 bits per heavy atom. The van der Waals surface area contributed by atoms with E-state index >= 15 is 0 Å². The van der Waals surface area contributed by atoms with Gasteiger partial charge in [-0.25, -0.2) is 4.39 Å². The summed E-state index contributed by atoms with van der Waals surface area (Å²) < 4.78 is 14.7. The number of ketones is 1. The monoisotopic (exact) mass is 465 g/mol. The van der Waals surface area contributed by atoms with Crippen LogP contribution in [-0.4, -0.2) is 54.2 Å². The van der Waals surface area contributed by atoms with Gasteiger partial charge in [0.1, 0.15) is 5.82 Å². The molecular weight excluding hydrogens is 445 g/mol. The number of thiophene rings is 1. The molecule has 1 fully saturated rings. The molecule has 1 saturated heterocycles. The Labute approximate surface area is 175 Å². The van der Waals surface area contributed by atoms with Gasteiger partial charge in [-0.05, 0) is 28.1 Å². The molecule has 0 radical (unpaired) electrons. The molecule has 5 nitrogen and oxygen atoms in total. The number of hydrogen-bond acceptors (Lipinski definition) is 5. The molecule has 2 aromatic rings. The predicted octanol–water partition coefficient (Wildman–Crippen LogP) is 3.21. The SMILES string of the molecule is O=C(CN1CCN(Cc2ccccc2F)CC1)NC1CC(=O)c2cc(Br)sc21. The minimum Gasteiger partial charge on any atom is -0.347 e. The average Bonchev–Trinajstić information content (AvgIpc) is 3.18. The molecule has 148 valence electrons. The number of piperazine rings is 1. The van der Waals surface area contributed by atoms with Crippen LogP contribution in [0.2, 0.25) is 0 Å². The molecule has 2 heterocycles. The molecular formula is C20H21BrFN3O2S. The lowest BCUT2D eigenvalue weighted by molar-refractivity contribution is -0.123. The molecule has 1 aliphatic carbocycles. The highest BCUT2D eigenvalue weighted by Gasteiger charge is 2.33. The third-order valence-electron chi connectivity index (χ3n) is 5.26. The van der Waals surface area contributed by atoms with Crippen LogP contribution in [0.15, 0.2) is 34.1 Å². The number of benzene rings is 1. The lowest BCUT2D eigenvalue weighted by Gasteiger charge is -2.34. The van der Waals surface area contributed by atoms with E-state index in [9.17, 15) is 14.0 Å². The zero-order valence-electron chi connectivity index (χ0n) is 15.3. The number of Topliss-reactive ketones (excluding diaryl/α,β-unsaturated/α-hetero) is 1. The van der Waals surface area contributed by atoms with Crippen LogP contribution in [0.4, 0.5) is 4.39 Å². The normalized spacial score (nSPS) is 20.4. The molecule has 0 saturated carbocycles. The minimum atomic E-state index is -0.214. The van der Waals surface area contributed by atoms with Crippen LogP contribution in [0.5, 0.6) is 0 Å². The second-order valence-electron chi connectivity index (χ2n) is 7.22. The molecule has 1 aromatic carbocycles. The molecule has 1 atom stereocenters. The van der Waals surface area contributed by atoms with Gasteiger partial charge >= 0.3 is 0 Å². The molecule has 1 aromatic heterocycles. The molecule has 0 bridgehead atoms. The zero-order valence-corrected chi connectivity index (χ0v) is 17.7. The highest BCUT2D eigenvalue weighted by Crippen LogP contribution is 2.39. The van der Waals surface area contributed by atoms with Crippen molar-refractivity contribution in [3.05, 3.63) is 55.9 Å². The smallest absolute Gasteiger partial charge is 0.234 e. The number of hydrogen-bond donors (Lipinski definition) is 1. The zero-order chi connectivity index (χ0) is 19.7. The summed E-state index contributed by atoms with van der Waals surface area (Å²) in [5.74, 6) is -0.142. The topological polar surface area (TPSA) is 52.7 Å². The largest absolute Gasteiger partial charge is 0.347 e. The van der Waals surface area contributed by atoms with Crippen molar-refractivity contribution in [3.63, 3.8) is 0 Å². The van der Waals surface area contributed by atoms with Crippen molar-refractivity contribution in [1.29, 1.82) is 0 Å². The van der Waals surface area contributed by atoms with Crippen LogP contribution >= 0.6 is 27.3 Å². The van der Waals surface area contributed by atoms with Crippen LogP contribution in [0.1, 0.15) is 33.3 Å². The lowest BCUT2D eigenvalue weighted by Crippen LogP contribution is -2.49. The first-order valence-corrected chi connectivity index (χ1v) is 10.9. The second-order valence-corrected chi connectivity index (χ2v) is 9.68. The fraction of sp³-hybridized carbons (Fsp3) is 0.400. The van der Waals surface area contributed by atoms with E-state index in [4.69, 9.17) is 0 Å². The number of carbonyl (C=O) groups excluding carboxylic acids is 2. The Bertz CT molecular complexity index is 895. The number of halogens is 2. The van der Waals surface area contributed by atoms with E-state index in [-0.39, 0.29) is 23.5 Å². The third kappa shape index (κ3) is 4.35. The van der Waals surface area contributed by atoms with E-state index in [2.05, 4.69) is 31.0 Å². The summed E-state index contributed by atoms with van der Waals surface area (Å²) >= 11 is 4.92. The van der Waals surface area contributed by atoms with Crippen molar-refractivity contribution < 1.29 is 14.0 Å². The van der Waals surface area contributed by atoms with Gasteiger partial charge in [-0.1, -0.05) is 18.2 Å². The number of nitrogens with one attached hydrogen (secondary N) is 1. The maximum atomic E-state index is 13.8. The van der Waals surface area contributed by atoms with Gasteiger partial charge in [-0.2, -0.15) is 0 Å². The van der Waals surface area contributed by atoms with Gasteiger partial charge in [0.15, 0.2) is 5.78 Å². The van der Waals surface area contributed by atoms with Crippen molar-refractivity contribution in [2.75, 3.05) is 32.7 Å². The molecule has 4 rings (SSSR count). The number of nitrogens with zero attached hydrogens (tertiary/aromatic N) is 2. The van der Waals surface area contributed by atoms with Gasteiger partial charge in [0.25, 0.3) is 0 Å². The highest BCUT2D eigenvalue weighted by atomic mass is 79.9. The lowest BCUT2D eigenvalue weighted by atomic mass is 10.2. The average molecular weight is 466 g/mol. The van der Waals surface area contributed by atoms with E-state index < -0.39 is 0 Å². The molecule has 1 aliphatic heterocycles. The van der Waals surface area contributed by atoms with Gasteiger partial charge in [-0.15, -0.1) is 11.3 Å². The Morgan fingerprint density at radius 3 is 2.68 bits per heavy atom. The first kappa shape index (κ1) is 19.7. The minimum absolute atomic E-state index is 0.0577. The maximum absolute atomic E-state index is 13.8. The summed E-state index contributed by atoms with van der Waals surface area (Å²) in [6.07, 6.45) is 0.344. The first-order valence-electron chi connectivity index (χ1n) is 9.29. The quantitative estimate of drug-likeness (QED) is 0.736. The van der Waals surface area contributed by atoms with E-state index in [0.717, 1.165) is 40.4 Å². The van der Waals surface area contributed by atoms with Gasteiger partial charge in [0.05, 0.1) is 16.4 Å². The number of carbonyl (C=O) groups is 2. The predicted molar refractivity (Wildman–Crippen MR) is 110 cm³/mol. The second kappa shape index (κ2) is 8.41. The molecule has 1 amide bonds. The van der Waals surface area contributed by atoms with Crippen LogP contribution in [0.3, 0.4) is 0 Å². The summed E-state index contributed by atoms with van der Waals surface area (Å²) in [7, 11) is 0. The van der Waals surface area contributed by atoms with Crippen LogP contribution < -0.4 is 5.32 Å². The van der Waals surface area contributed by atoms with Crippen LogP contribution in [0.25, 0.3) is 0 Å². The van der Waals surface area contributed by atoms with Crippen LogP contribution in [0, 0.1) is 5.82 Å². The van der Waals surface area contributed by atoms with E-state index in [1.807, 2.05) is 18.2 Å². The highest BCUT2D eigenvalue weighted by molar-refractivity contribution is 9.11. The fourth-order valence-electron chi connectivity index (χ4n) is 3.77. The molecule has 28 heavy (non-hydrogen) atoms.